The summed E-state index contributed by atoms with van der Waals surface area (Å²) in [6.07, 6.45) is 3.31. The number of aliphatic carboxylic acids is 1. The van der Waals surface area contributed by atoms with Crippen molar-refractivity contribution in [1.82, 2.24) is 15.1 Å². The van der Waals surface area contributed by atoms with Crippen LogP contribution in [0.1, 0.15) is 40.0 Å². The molecular formula is C15H29N3O3. The Hall–Kier alpha value is -1.30. The van der Waals surface area contributed by atoms with Gasteiger partial charge in [0.1, 0.15) is 6.04 Å². The maximum absolute atomic E-state index is 12.3. The predicted molar refractivity (Wildman–Crippen MR) is 82.3 cm³/mol. The van der Waals surface area contributed by atoms with Gasteiger partial charge in [-0.3, -0.25) is 0 Å². The summed E-state index contributed by atoms with van der Waals surface area (Å²) in [7, 11) is 5.78. The second kappa shape index (κ2) is 6.22. The van der Waals surface area contributed by atoms with E-state index < -0.39 is 17.4 Å². The Balaban J connectivity index is 2.68. The van der Waals surface area contributed by atoms with E-state index in [9.17, 15) is 14.7 Å². The highest BCUT2D eigenvalue weighted by Crippen LogP contribution is 2.36. The van der Waals surface area contributed by atoms with Gasteiger partial charge in [-0.2, -0.15) is 0 Å². The first kappa shape index (κ1) is 17.8. The third-order valence-electron chi connectivity index (χ3n) is 4.49. The van der Waals surface area contributed by atoms with Crippen molar-refractivity contribution in [3.63, 3.8) is 0 Å². The van der Waals surface area contributed by atoms with E-state index in [1.54, 1.807) is 32.7 Å². The quantitative estimate of drug-likeness (QED) is 0.809. The molecule has 0 aromatic rings. The average Bonchev–Trinajstić information content (AvgIpc) is 2.27. The predicted octanol–water partition coefficient (Wildman–Crippen LogP) is 1.61. The Morgan fingerprint density at radius 3 is 2.05 bits per heavy atom. The number of hydrogen-bond donors (Lipinski definition) is 2. The average molecular weight is 299 g/mol. The fraction of sp³-hybridized carbons (Fsp3) is 0.867. The second-order valence-corrected chi connectivity index (χ2v) is 7.42. The number of carbonyl (C=O) groups excluding carboxylic acids is 1. The van der Waals surface area contributed by atoms with E-state index in [0.29, 0.717) is 6.54 Å². The van der Waals surface area contributed by atoms with E-state index in [4.69, 9.17) is 0 Å². The minimum absolute atomic E-state index is 0.0343. The van der Waals surface area contributed by atoms with Gasteiger partial charge in [-0.05, 0) is 38.8 Å². The molecule has 1 rings (SSSR count). The molecule has 6 heteroatoms. The van der Waals surface area contributed by atoms with Crippen molar-refractivity contribution in [2.24, 2.45) is 5.41 Å². The van der Waals surface area contributed by atoms with Crippen LogP contribution in [-0.4, -0.2) is 66.2 Å². The number of likely N-dealkylation sites (N-methyl/N-ethyl adjacent to an activating group) is 2. The smallest absolute Gasteiger partial charge is 0.326 e. The van der Waals surface area contributed by atoms with Crippen molar-refractivity contribution in [2.45, 2.75) is 51.6 Å². The number of carboxylic acid groups (broad SMARTS) is 1. The van der Waals surface area contributed by atoms with Crippen molar-refractivity contribution >= 4 is 12.0 Å². The molecule has 1 aliphatic carbocycles. The maximum Gasteiger partial charge on any atom is 0.326 e. The molecule has 1 fully saturated rings. The van der Waals surface area contributed by atoms with Crippen LogP contribution < -0.4 is 5.32 Å². The van der Waals surface area contributed by atoms with E-state index in [-0.39, 0.29) is 11.6 Å². The molecule has 0 aromatic carbocycles. The fourth-order valence-electron chi connectivity index (χ4n) is 2.73. The number of nitrogens with zero attached hydrogens (tertiary/aromatic N) is 2. The Morgan fingerprint density at radius 2 is 1.76 bits per heavy atom. The molecule has 1 saturated carbocycles. The first-order valence-corrected chi connectivity index (χ1v) is 7.41. The van der Waals surface area contributed by atoms with Crippen LogP contribution in [0.4, 0.5) is 4.79 Å². The van der Waals surface area contributed by atoms with Gasteiger partial charge in [-0.25, -0.2) is 9.59 Å². The lowest BCUT2D eigenvalue weighted by molar-refractivity contribution is -0.142. The van der Waals surface area contributed by atoms with Crippen LogP contribution in [-0.2, 0) is 4.79 Å². The number of urea groups is 1. The zero-order valence-corrected chi connectivity index (χ0v) is 14.1. The fourth-order valence-corrected chi connectivity index (χ4v) is 2.73. The van der Waals surface area contributed by atoms with Gasteiger partial charge in [0.2, 0.25) is 0 Å². The minimum atomic E-state index is -1.00. The summed E-state index contributed by atoms with van der Waals surface area (Å²) in [5.41, 5.74) is -0.495. The van der Waals surface area contributed by atoms with Gasteiger partial charge in [-0.15, -0.1) is 0 Å². The van der Waals surface area contributed by atoms with Crippen LogP contribution in [0.25, 0.3) is 0 Å². The number of carboxylic acids is 1. The van der Waals surface area contributed by atoms with Crippen molar-refractivity contribution in [1.29, 1.82) is 0 Å². The summed E-state index contributed by atoms with van der Waals surface area (Å²) in [5, 5.41) is 11.9. The van der Waals surface area contributed by atoms with Crippen LogP contribution in [0.2, 0.25) is 0 Å². The lowest BCUT2D eigenvalue weighted by atomic mass is 9.75. The largest absolute Gasteiger partial charge is 0.480 e. The molecule has 2 amide bonds. The maximum atomic E-state index is 12.3. The number of hydrogen-bond acceptors (Lipinski definition) is 3. The summed E-state index contributed by atoms with van der Waals surface area (Å²) < 4.78 is 0. The number of nitrogens with one attached hydrogen (secondary N) is 1. The van der Waals surface area contributed by atoms with Gasteiger partial charge < -0.3 is 20.2 Å². The van der Waals surface area contributed by atoms with Crippen molar-refractivity contribution in [3.05, 3.63) is 0 Å². The molecule has 21 heavy (non-hydrogen) atoms. The van der Waals surface area contributed by atoms with Crippen molar-refractivity contribution in [2.75, 3.05) is 27.7 Å². The Bertz CT molecular complexity index is 397. The van der Waals surface area contributed by atoms with Crippen LogP contribution in [0.5, 0.6) is 0 Å². The summed E-state index contributed by atoms with van der Waals surface area (Å²) in [4.78, 5) is 27.4. The van der Waals surface area contributed by atoms with Crippen LogP contribution >= 0.6 is 0 Å². The molecule has 0 radical (unpaired) electrons. The normalized spacial score (nSPS) is 18.8. The van der Waals surface area contributed by atoms with Crippen LogP contribution in [0.3, 0.4) is 0 Å². The summed E-state index contributed by atoms with van der Waals surface area (Å²) in [6.45, 7) is 6.03. The molecule has 0 bridgehead atoms. The summed E-state index contributed by atoms with van der Waals surface area (Å²) in [6, 6.07) is -1.23. The third-order valence-corrected chi connectivity index (χ3v) is 4.49. The molecule has 1 aliphatic rings. The second-order valence-electron chi connectivity index (χ2n) is 7.42. The van der Waals surface area contributed by atoms with E-state index in [1.165, 1.54) is 6.42 Å². The highest BCUT2D eigenvalue weighted by Gasteiger charge is 2.41. The molecule has 0 aromatic heterocycles. The van der Waals surface area contributed by atoms with Gasteiger partial charge in [0.25, 0.3) is 0 Å². The molecule has 2 N–H and O–H groups in total. The first-order chi connectivity index (χ1) is 9.49. The zero-order chi connectivity index (χ0) is 16.4. The number of amides is 2. The Morgan fingerprint density at radius 1 is 1.24 bits per heavy atom. The van der Waals surface area contributed by atoms with Crippen LogP contribution in [0.15, 0.2) is 0 Å². The topological polar surface area (TPSA) is 72.9 Å². The van der Waals surface area contributed by atoms with Crippen LogP contribution in [0, 0.1) is 5.41 Å². The number of carbonyl (C=O) groups is 2. The molecule has 0 spiro atoms. The lowest BCUT2D eigenvalue weighted by Gasteiger charge is -2.49. The molecule has 0 saturated heterocycles. The van der Waals surface area contributed by atoms with E-state index >= 15 is 0 Å². The molecule has 0 aliphatic heterocycles. The number of rotatable bonds is 5. The lowest BCUT2D eigenvalue weighted by Crippen LogP contribution is -2.60. The SMILES string of the molecule is CN(CC1(N(C)C)CCC1)C(=O)N[C@@H](C(=O)O)C(C)(C)C. The van der Waals surface area contributed by atoms with Crippen molar-refractivity contribution in [3.8, 4) is 0 Å². The highest BCUT2D eigenvalue weighted by atomic mass is 16.4. The van der Waals surface area contributed by atoms with Gasteiger partial charge in [0.05, 0.1) is 0 Å². The molecular weight excluding hydrogens is 270 g/mol. The Labute approximate surface area is 127 Å². The first-order valence-electron chi connectivity index (χ1n) is 7.41. The zero-order valence-electron chi connectivity index (χ0n) is 14.1. The summed E-state index contributed by atoms with van der Waals surface area (Å²) in [5.74, 6) is -1.00. The van der Waals surface area contributed by atoms with Gasteiger partial charge >= 0.3 is 12.0 Å². The van der Waals surface area contributed by atoms with E-state index in [1.807, 2.05) is 14.1 Å². The Kier molecular flexibility index (Phi) is 5.25. The highest BCUT2D eigenvalue weighted by molar-refractivity contribution is 5.83. The van der Waals surface area contributed by atoms with Gasteiger partial charge in [0, 0.05) is 19.1 Å². The molecule has 6 nitrogen and oxygen atoms in total. The van der Waals surface area contributed by atoms with Gasteiger partial charge in [-0.1, -0.05) is 20.8 Å². The van der Waals surface area contributed by atoms with E-state index in [2.05, 4.69) is 10.2 Å². The van der Waals surface area contributed by atoms with Crippen molar-refractivity contribution < 1.29 is 14.7 Å². The molecule has 1 atom stereocenters. The molecule has 0 unspecified atom stereocenters. The van der Waals surface area contributed by atoms with E-state index in [0.717, 1.165) is 12.8 Å². The molecule has 0 heterocycles. The summed E-state index contributed by atoms with van der Waals surface area (Å²) >= 11 is 0. The monoisotopic (exact) mass is 299 g/mol. The minimum Gasteiger partial charge on any atom is -0.480 e. The third kappa shape index (κ3) is 4.09. The van der Waals surface area contributed by atoms with Gasteiger partial charge in [0.15, 0.2) is 0 Å². The molecule has 122 valence electrons. The standard InChI is InChI=1S/C15H29N3O3/c1-14(2,3)11(12(19)20)16-13(21)18(6)10-15(17(4)5)8-7-9-15/h11H,7-10H2,1-6H3,(H,16,21)(H,19,20)/t11-/m0/s1.